The van der Waals surface area contributed by atoms with Crippen LogP contribution in [0, 0.1) is 11.8 Å². The molecule has 2 aromatic rings. The number of benzene rings is 2. The van der Waals surface area contributed by atoms with Crippen LogP contribution in [0.5, 0.6) is 11.5 Å². The van der Waals surface area contributed by atoms with Crippen LogP contribution in [0.1, 0.15) is 39.5 Å². The summed E-state index contributed by atoms with van der Waals surface area (Å²) in [7, 11) is 2.62. The van der Waals surface area contributed by atoms with Crippen molar-refractivity contribution in [1.82, 2.24) is 0 Å². The number of carbonyl (C=O) groups excluding carboxylic acids is 6. The summed E-state index contributed by atoms with van der Waals surface area (Å²) in [5.74, 6) is -1.07. The van der Waals surface area contributed by atoms with E-state index in [4.69, 9.17) is 19.1 Å². The third kappa shape index (κ3) is 21.3. The van der Waals surface area contributed by atoms with Gasteiger partial charge in [0.2, 0.25) is 0 Å². The summed E-state index contributed by atoms with van der Waals surface area (Å²) in [6.07, 6.45) is 6.48. The monoisotopic (exact) mass is 634 g/mol. The Balaban J connectivity index is 0. The summed E-state index contributed by atoms with van der Waals surface area (Å²) >= 11 is 0. The van der Waals surface area contributed by atoms with Crippen molar-refractivity contribution in [3.05, 3.63) is 84.7 Å². The smallest absolute Gasteiger partial charge is 0.875 e. The Morgan fingerprint density at radius 1 is 0.911 bits per heavy atom. The van der Waals surface area contributed by atoms with Crippen molar-refractivity contribution in [3.63, 3.8) is 0 Å². The fourth-order valence-electron chi connectivity index (χ4n) is 3.62. The van der Waals surface area contributed by atoms with E-state index in [1.165, 1.54) is 21.1 Å². The van der Waals surface area contributed by atoms with E-state index in [1.54, 1.807) is 13.0 Å². The van der Waals surface area contributed by atoms with Gasteiger partial charge in [0.25, 0.3) is 0 Å². The molecule has 3 rings (SSSR count). The predicted molar refractivity (Wildman–Crippen MR) is 157 cm³/mol. The molecule has 12 heteroatoms. The van der Waals surface area contributed by atoms with Crippen LogP contribution < -0.4 is 44.1 Å². The van der Waals surface area contributed by atoms with Crippen molar-refractivity contribution < 1.29 is 82.4 Å². The fourth-order valence-corrected chi connectivity index (χ4v) is 3.62. The van der Waals surface area contributed by atoms with Gasteiger partial charge >= 0.3 is 47.6 Å². The molecular formula is C33H39NaO11. The van der Waals surface area contributed by atoms with Gasteiger partial charge in [-0.05, 0) is 62.1 Å². The zero-order valence-electron chi connectivity index (χ0n) is 26.4. The van der Waals surface area contributed by atoms with Crippen molar-refractivity contribution in [3.8, 4) is 11.5 Å². The quantitative estimate of drug-likeness (QED) is 0.148. The molecule has 238 valence electrons. The molecule has 0 spiro atoms. The number of hydrogen-bond acceptors (Lipinski definition) is 11. The Morgan fingerprint density at radius 2 is 1.42 bits per heavy atom. The average molecular weight is 635 g/mol. The number of esters is 2. The Morgan fingerprint density at radius 3 is 1.84 bits per heavy atom. The molecule has 0 aromatic heterocycles. The minimum absolute atomic E-state index is 0. The van der Waals surface area contributed by atoms with E-state index >= 15 is 0 Å². The van der Waals surface area contributed by atoms with Crippen molar-refractivity contribution in [2.45, 2.75) is 39.5 Å². The maximum atomic E-state index is 11.8. The van der Waals surface area contributed by atoms with Crippen LogP contribution in [0.2, 0.25) is 0 Å². The summed E-state index contributed by atoms with van der Waals surface area (Å²) in [5.41, 5.74) is 0. The van der Waals surface area contributed by atoms with Gasteiger partial charge < -0.3 is 24.1 Å². The Kier molecular flexibility index (Phi) is 26.4. The summed E-state index contributed by atoms with van der Waals surface area (Å²) in [5, 5.41) is 11.8. The molecule has 0 fully saturated rings. The van der Waals surface area contributed by atoms with E-state index in [0.29, 0.717) is 31.8 Å². The van der Waals surface area contributed by atoms with Gasteiger partial charge in [-0.1, -0.05) is 49.4 Å². The molecule has 0 saturated heterocycles. The van der Waals surface area contributed by atoms with Gasteiger partial charge in [0.05, 0.1) is 33.4 Å². The van der Waals surface area contributed by atoms with E-state index < -0.39 is 17.6 Å². The Hall–Kier alpha value is -4.02. The van der Waals surface area contributed by atoms with Gasteiger partial charge in [0.15, 0.2) is 11.6 Å². The minimum Gasteiger partial charge on any atom is -0.875 e. The molecule has 0 aliphatic heterocycles. The van der Waals surface area contributed by atoms with Gasteiger partial charge in [-0.3, -0.25) is 19.2 Å². The summed E-state index contributed by atoms with van der Waals surface area (Å²) < 4.78 is 19.9. The van der Waals surface area contributed by atoms with Crippen LogP contribution in [0.25, 0.3) is 0 Å². The average Bonchev–Trinajstić information content (AvgIpc) is 3.02. The molecular weight excluding hydrogens is 595 g/mol. The van der Waals surface area contributed by atoms with E-state index in [9.17, 15) is 24.3 Å². The normalized spacial score (nSPS) is 14.5. The molecule has 0 bridgehead atoms. The largest absolute Gasteiger partial charge is 1.00 e. The van der Waals surface area contributed by atoms with Gasteiger partial charge in [0.1, 0.15) is 11.5 Å². The van der Waals surface area contributed by atoms with Crippen LogP contribution in [0.4, 0.5) is 0 Å². The number of methoxy groups -OCH3 is 2. The second-order valence-electron chi connectivity index (χ2n) is 8.90. The molecule has 2 unspecified atom stereocenters. The third-order valence-electron chi connectivity index (χ3n) is 5.67. The minimum atomic E-state index is -0.896. The standard InChI is InChI=1S/C16H18O5.C12H14O2.C4H8O2.CO2.Na/c1-20-16(19)15-11(9-12(17)10-14(15)18)7-8-21-13-5-3-2-4-6-13;1-11(13)7-5-6-10-14-12-8-3-2-4-9-12;1-3-4(5)6-2;2-1-3;/h2-6,10-11,15,18H,7-9H2,1H3;2-5,7-9H,6,10H2,1H3;3H2,1-2H3;;/q;;;;+1/p-1/b;7-5+;;;. The van der Waals surface area contributed by atoms with Crippen LogP contribution in [0.3, 0.4) is 0 Å². The topological polar surface area (TPSA) is 162 Å². The number of carbonyl (C=O) groups is 4. The van der Waals surface area contributed by atoms with Crippen LogP contribution >= 0.6 is 0 Å². The molecule has 0 saturated carbocycles. The maximum absolute atomic E-state index is 11.8. The molecule has 0 heterocycles. The molecule has 0 N–H and O–H groups in total. The van der Waals surface area contributed by atoms with Crippen LogP contribution in [-0.2, 0) is 38.2 Å². The first kappa shape index (κ1) is 43.1. The van der Waals surface area contributed by atoms with Gasteiger partial charge in [-0.25, -0.2) is 0 Å². The molecule has 45 heavy (non-hydrogen) atoms. The van der Waals surface area contributed by atoms with Gasteiger partial charge in [0, 0.05) is 12.8 Å². The Labute approximate surface area is 285 Å². The molecule has 2 aromatic carbocycles. The van der Waals surface area contributed by atoms with Crippen molar-refractivity contribution in [2.24, 2.45) is 11.8 Å². The number of allylic oxidation sites excluding steroid dienone is 2. The molecule has 0 amide bonds. The molecule has 1 aliphatic rings. The van der Waals surface area contributed by atoms with E-state index in [2.05, 4.69) is 9.47 Å². The van der Waals surface area contributed by atoms with Crippen LogP contribution in [0.15, 0.2) is 84.7 Å². The zero-order chi connectivity index (χ0) is 33.2. The third-order valence-corrected chi connectivity index (χ3v) is 5.67. The molecule has 1 aliphatic carbocycles. The Bertz CT molecular complexity index is 1220. The second-order valence-corrected chi connectivity index (χ2v) is 8.90. The predicted octanol–water partition coefficient (Wildman–Crippen LogP) is 0.669. The number of ether oxygens (including phenoxy) is 4. The SMILES string of the molecule is CC(=O)/C=C/CCOc1ccccc1.CCC(=O)OC.COC(=O)C1C([O-])=CC(=O)CC1CCOc1ccccc1.O=C=O.[Na+]. The summed E-state index contributed by atoms with van der Waals surface area (Å²) in [6.45, 7) is 4.23. The van der Waals surface area contributed by atoms with E-state index in [0.717, 1.165) is 18.2 Å². The zero-order valence-corrected chi connectivity index (χ0v) is 28.4. The van der Waals surface area contributed by atoms with Crippen molar-refractivity contribution in [2.75, 3.05) is 27.4 Å². The maximum Gasteiger partial charge on any atom is 1.00 e. The van der Waals surface area contributed by atoms with Gasteiger partial charge in [-0.15, -0.1) is 5.76 Å². The first-order valence-corrected chi connectivity index (χ1v) is 13.7. The summed E-state index contributed by atoms with van der Waals surface area (Å²) in [6, 6.07) is 18.9. The fraction of sp³-hybridized carbons (Fsp3) is 0.364. The summed E-state index contributed by atoms with van der Waals surface area (Å²) in [4.78, 5) is 60.0. The second kappa shape index (κ2) is 27.5. The number of ketones is 2. The van der Waals surface area contributed by atoms with E-state index in [-0.39, 0.29) is 65.6 Å². The van der Waals surface area contributed by atoms with Gasteiger partial charge in [-0.2, -0.15) is 9.59 Å². The van der Waals surface area contributed by atoms with E-state index in [1.807, 2.05) is 66.7 Å². The number of hydrogen-bond donors (Lipinski definition) is 0. The molecule has 0 radical (unpaired) electrons. The van der Waals surface area contributed by atoms with Crippen LogP contribution in [-0.4, -0.2) is 57.1 Å². The number of para-hydroxylation sites is 2. The van der Waals surface area contributed by atoms with Crippen molar-refractivity contribution >= 4 is 29.7 Å². The number of rotatable bonds is 11. The molecule has 2 atom stereocenters. The first-order valence-electron chi connectivity index (χ1n) is 13.7. The van der Waals surface area contributed by atoms with Crippen molar-refractivity contribution in [1.29, 1.82) is 0 Å². The molecule has 11 nitrogen and oxygen atoms in total. The first-order chi connectivity index (χ1) is 21.1.